The minimum Gasteiger partial charge on any atom is -0.330 e. The van der Waals surface area contributed by atoms with Crippen LogP contribution in [-0.2, 0) is 10.0 Å². The average molecular weight is 307 g/mol. The topological polar surface area (TPSA) is 76.3 Å². The summed E-state index contributed by atoms with van der Waals surface area (Å²) in [6, 6.07) is 8.71. The average Bonchev–Trinajstić information content (AvgIpc) is 2.51. The smallest absolute Gasteiger partial charge is 0.243 e. The van der Waals surface area contributed by atoms with Gasteiger partial charge in [0.1, 0.15) is 0 Å². The first-order valence-electron chi connectivity index (χ1n) is 7.04. The molecule has 0 saturated carbocycles. The lowest BCUT2D eigenvalue weighted by Crippen LogP contribution is -2.36. The molecule has 1 unspecified atom stereocenters. The first kappa shape index (κ1) is 15.9. The second-order valence-corrected chi connectivity index (χ2v) is 7.03. The molecule has 0 bridgehead atoms. The van der Waals surface area contributed by atoms with E-state index in [1.807, 2.05) is 19.9 Å². The third kappa shape index (κ3) is 3.23. The van der Waals surface area contributed by atoms with Gasteiger partial charge >= 0.3 is 0 Å². The minimum atomic E-state index is -3.55. The number of hydrogen-bond acceptors (Lipinski definition) is 4. The molecule has 2 aromatic rings. The van der Waals surface area contributed by atoms with E-state index in [4.69, 9.17) is 5.73 Å². The molecule has 21 heavy (non-hydrogen) atoms. The van der Waals surface area contributed by atoms with Crippen molar-refractivity contribution in [2.24, 2.45) is 11.7 Å². The van der Waals surface area contributed by atoms with Crippen LogP contribution in [0.25, 0.3) is 10.9 Å². The fourth-order valence-electron chi connectivity index (χ4n) is 2.26. The van der Waals surface area contributed by atoms with Gasteiger partial charge in [-0.15, -0.1) is 0 Å². The Balaban J connectivity index is 2.50. The predicted octanol–water partition coefficient (Wildman–Crippen LogP) is 1.84. The molecule has 1 aromatic carbocycles. The van der Waals surface area contributed by atoms with E-state index in [1.54, 1.807) is 30.5 Å². The molecular weight excluding hydrogens is 286 g/mol. The molecule has 0 amide bonds. The number of benzene rings is 1. The van der Waals surface area contributed by atoms with Gasteiger partial charge in [0.05, 0.1) is 10.4 Å². The third-order valence-electron chi connectivity index (χ3n) is 3.49. The first-order chi connectivity index (χ1) is 10.0. The van der Waals surface area contributed by atoms with E-state index < -0.39 is 10.0 Å². The molecule has 1 aromatic heterocycles. The standard InChI is InChI=1S/C15H21N3O2S/c1-3-18(11-12(2)10-16)21(19,20)15-8-4-7-14-13(15)6-5-9-17-14/h4-9,12H,3,10-11,16H2,1-2H3. The number of sulfonamides is 1. The quantitative estimate of drug-likeness (QED) is 0.883. The highest BCUT2D eigenvalue weighted by Gasteiger charge is 2.26. The monoisotopic (exact) mass is 307 g/mol. The normalized spacial score (nSPS) is 13.7. The number of pyridine rings is 1. The zero-order chi connectivity index (χ0) is 15.5. The number of aromatic nitrogens is 1. The van der Waals surface area contributed by atoms with Crippen LogP contribution in [0.3, 0.4) is 0 Å². The van der Waals surface area contributed by atoms with Crippen LogP contribution in [0, 0.1) is 5.92 Å². The zero-order valence-electron chi connectivity index (χ0n) is 12.4. The predicted molar refractivity (Wildman–Crippen MR) is 84.4 cm³/mol. The van der Waals surface area contributed by atoms with Crippen molar-refractivity contribution in [3.63, 3.8) is 0 Å². The largest absolute Gasteiger partial charge is 0.330 e. The second kappa shape index (κ2) is 6.51. The Hall–Kier alpha value is -1.50. The number of nitrogens with two attached hydrogens (primary N) is 1. The number of hydrogen-bond donors (Lipinski definition) is 1. The van der Waals surface area contributed by atoms with Gasteiger partial charge in [0.15, 0.2) is 0 Å². The summed E-state index contributed by atoms with van der Waals surface area (Å²) in [7, 11) is -3.55. The van der Waals surface area contributed by atoms with E-state index in [-0.39, 0.29) is 5.92 Å². The van der Waals surface area contributed by atoms with Gasteiger partial charge in [0.2, 0.25) is 10.0 Å². The fraction of sp³-hybridized carbons (Fsp3) is 0.400. The van der Waals surface area contributed by atoms with E-state index in [2.05, 4.69) is 4.98 Å². The van der Waals surface area contributed by atoms with E-state index in [1.165, 1.54) is 4.31 Å². The Bertz CT molecular complexity index is 710. The molecule has 0 aliphatic heterocycles. The van der Waals surface area contributed by atoms with Crippen molar-refractivity contribution in [3.05, 3.63) is 36.5 Å². The van der Waals surface area contributed by atoms with Crippen LogP contribution in [0.5, 0.6) is 0 Å². The van der Waals surface area contributed by atoms with E-state index in [0.29, 0.717) is 35.4 Å². The Morgan fingerprint density at radius 3 is 2.71 bits per heavy atom. The summed E-state index contributed by atoms with van der Waals surface area (Å²) in [6.07, 6.45) is 1.66. The van der Waals surface area contributed by atoms with Crippen LogP contribution in [0.4, 0.5) is 0 Å². The van der Waals surface area contributed by atoms with Crippen LogP contribution in [-0.4, -0.2) is 37.3 Å². The summed E-state index contributed by atoms with van der Waals surface area (Å²) in [5.74, 6) is 0.118. The maximum absolute atomic E-state index is 12.9. The first-order valence-corrected chi connectivity index (χ1v) is 8.48. The molecule has 5 nitrogen and oxygen atoms in total. The Morgan fingerprint density at radius 1 is 1.29 bits per heavy atom. The van der Waals surface area contributed by atoms with Gasteiger partial charge in [-0.05, 0) is 36.7 Å². The van der Waals surface area contributed by atoms with E-state index in [9.17, 15) is 8.42 Å². The number of nitrogens with zero attached hydrogens (tertiary/aromatic N) is 2. The fourth-order valence-corrected chi connectivity index (χ4v) is 4.03. The van der Waals surface area contributed by atoms with Gasteiger partial charge in [-0.25, -0.2) is 8.42 Å². The van der Waals surface area contributed by atoms with Crippen LogP contribution >= 0.6 is 0 Å². The van der Waals surface area contributed by atoms with Crippen molar-refractivity contribution in [1.29, 1.82) is 0 Å². The maximum atomic E-state index is 12.9. The molecular formula is C15H21N3O2S. The molecule has 2 N–H and O–H groups in total. The Labute approximate surface area is 125 Å². The summed E-state index contributed by atoms with van der Waals surface area (Å²) in [5, 5.41) is 0.652. The molecule has 1 atom stereocenters. The highest BCUT2D eigenvalue weighted by atomic mass is 32.2. The highest BCUT2D eigenvalue weighted by molar-refractivity contribution is 7.89. The molecule has 2 rings (SSSR count). The molecule has 0 radical (unpaired) electrons. The molecule has 0 aliphatic carbocycles. The molecule has 0 saturated heterocycles. The van der Waals surface area contributed by atoms with Crippen molar-refractivity contribution in [1.82, 2.24) is 9.29 Å². The summed E-state index contributed by atoms with van der Waals surface area (Å²) >= 11 is 0. The van der Waals surface area contributed by atoms with Crippen molar-refractivity contribution < 1.29 is 8.42 Å². The van der Waals surface area contributed by atoms with E-state index in [0.717, 1.165) is 0 Å². The van der Waals surface area contributed by atoms with Gasteiger partial charge in [-0.2, -0.15) is 4.31 Å². The molecule has 1 heterocycles. The number of rotatable bonds is 6. The highest BCUT2D eigenvalue weighted by Crippen LogP contribution is 2.24. The summed E-state index contributed by atoms with van der Waals surface area (Å²) in [6.45, 7) is 5.09. The number of fused-ring (bicyclic) bond motifs is 1. The summed E-state index contributed by atoms with van der Waals surface area (Å²) < 4.78 is 27.3. The van der Waals surface area contributed by atoms with Crippen molar-refractivity contribution >= 4 is 20.9 Å². The van der Waals surface area contributed by atoms with Crippen molar-refractivity contribution in [3.8, 4) is 0 Å². The molecule has 0 aliphatic rings. The lowest BCUT2D eigenvalue weighted by atomic mass is 10.2. The molecule has 0 spiro atoms. The van der Waals surface area contributed by atoms with Gasteiger partial charge in [-0.3, -0.25) is 4.98 Å². The second-order valence-electron chi connectivity index (χ2n) is 5.12. The SMILES string of the molecule is CCN(CC(C)CN)S(=O)(=O)c1cccc2ncccc12. The minimum absolute atomic E-state index is 0.118. The Kier molecular flexibility index (Phi) is 4.92. The van der Waals surface area contributed by atoms with E-state index >= 15 is 0 Å². The summed E-state index contributed by atoms with van der Waals surface area (Å²) in [4.78, 5) is 4.52. The van der Waals surface area contributed by atoms with Crippen molar-refractivity contribution in [2.75, 3.05) is 19.6 Å². The molecule has 0 fully saturated rings. The van der Waals surface area contributed by atoms with Gasteiger partial charge in [0, 0.05) is 24.7 Å². The van der Waals surface area contributed by atoms with Crippen LogP contribution in [0.2, 0.25) is 0 Å². The summed E-state index contributed by atoms with van der Waals surface area (Å²) in [5.41, 5.74) is 6.30. The molecule has 6 heteroatoms. The lowest BCUT2D eigenvalue weighted by molar-refractivity contribution is 0.371. The van der Waals surface area contributed by atoms with Gasteiger partial charge < -0.3 is 5.73 Å². The van der Waals surface area contributed by atoms with Crippen molar-refractivity contribution in [2.45, 2.75) is 18.7 Å². The van der Waals surface area contributed by atoms with Crippen LogP contribution in [0.15, 0.2) is 41.4 Å². The molecule has 114 valence electrons. The van der Waals surface area contributed by atoms with Gasteiger partial charge in [-0.1, -0.05) is 19.9 Å². The van der Waals surface area contributed by atoms with Gasteiger partial charge in [0.25, 0.3) is 0 Å². The lowest BCUT2D eigenvalue weighted by Gasteiger charge is -2.24. The Morgan fingerprint density at radius 2 is 2.05 bits per heavy atom. The zero-order valence-corrected chi connectivity index (χ0v) is 13.2. The van der Waals surface area contributed by atoms with Crippen LogP contribution in [0.1, 0.15) is 13.8 Å². The maximum Gasteiger partial charge on any atom is 0.243 e. The van der Waals surface area contributed by atoms with Crippen LogP contribution < -0.4 is 5.73 Å². The third-order valence-corrected chi connectivity index (χ3v) is 5.49.